The van der Waals surface area contributed by atoms with Crippen molar-refractivity contribution in [1.29, 1.82) is 0 Å². The molecule has 0 spiro atoms. The Morgan fingerprint density at radius 2 is 2.21 bits per heavy atom. The molecule has 1 heterocycles. The molecule has 1 atom stereocenters. The van der Waals surface area contributed by atoms with Gasteiger partial charge in [-0.05, 0) is 25.4 Å². The fourth-order valence-corrected chi connectivity index (χ4v) is 2.21. The minimum Gasteiger partial charge on any atom is -0.316 e. The number of carbonyl (C=O) groups is 1. The largest absolute Gasteiger partial charge is 0.316 e. The van der Waals surface area contributed by atoms with Crippen molar-refractivity contribution in [1.82, 2.24) is 5.32 Å². The first-order chi connectivity index (χ1) is 6.47. The van der Waals surface area contributed by atoms with Crippen LogP contribution in [0.3, 0.4) is 0 Å². The highest BCUT2D eigenvalue weighted by atomic mass is 32.2. The molecular formula is C9H17NO3S. The Kier molecular flexibility index (Phi) is 4.07. The molecule has 1 fully saturated rings. The molecule has 4 nitrogen and oxygen atoms in total. The van der Waals surface area contributed by atoms with Gasteiger partial charge in [-0.1, -0.05) is 0 Å². The number of hydrogen-bond acceptors (Lipinski definition) is 4. The minimum atomic E-state index is -2.99. The highest BCUT2D eigenvalue weighted by Gasteiger charge is 2.18. The molecule has 1 N–H and O–H groups in total. The van der Waals surface area contributed by atoms with Crippen LogP contribution in [0, 0.1) is 5.92 Å². The molecule has 1 aliphatic heterocycles. The molecule has 0 aromatic rings. The molecule has 1 rings (SSSR count). The Morgan fingerprint density at radius 1 is 1.50 bits per heavy atom. The van der Waals surface area contributed by atoms with Gasteiger partial charge in [-0.3, -0.25) is 4.79 Å². The summed E-state index contributed by atoms with van der Waals surface area (Å²) in [5, 5.41) is 3.18. The Morgan fingerprint density at radius 3 is 2.71 bits per heavy atom. The molecule has 0 aliphatic carbocycles. The number of sulfone groups is 1. The topological polar surface area (TPSA) is 63.2 Å². The molecule has 0 bridgehead atoms. The quantitative estimate of drug-likeness (QED) is 0.706. The zero-order valence-corrected chi connectivity index (χ0v) is 9.27. The molecule has 82 valence electrons. The molecular weight excluding hydrogens is 202 g/mol. The fraction of sp³-hybridized carbons (Fsp3) is 0.889. The zero-order chi connectivity index (χ0) is 10.6. The lowest BCUT2D eigenvalue weighted by Crippen LogP contribution is -2.15. The summed E-state index contributed by atoms with van der Waals surface area (Å²) in [6, 6.07) is 0. The van der Waals surface area contributed by atoms with Crippen molar-refractivity contribution in [2.75, 3.05) is 25.1 Å². The molecule has 0 aromatic heterocycles. The third kappa shape index (κ3) is 4.72. The summed E-state index contributed by atoms with van der Waals surface area (Å²) in [7, 11) is -2.99. The lowest BCUT2D eigenvalue weighted by atomic mass is 10.0. The molecule has 1 aliphatic rings. The van der Waals surface area contributed by atoms with E-state index in [0.29, 0.717) is 12.3 Å². The van der Waals surface area contributed by atoms with E-state index in [1.807, 2.05) is 0 Å². The molecule has 14 heavy (non-hydrogen) atoms. The van der Waals surface area contributed by atoms with E-state index >= 15 is 0 Å². The van der Waals surface area contributed by atoms with Gasteiger partial charge in [0.2, 0.25) is 0 Å². The lowest BCUT2D eigenvalue weighted by molar-refractivity contribution is -0.119. The van der Waals surface area contributed by atoms with Gasteiger partial charge in [-0.15, -0.1) is 0 Å². The summed E-state index contributed by atoms with van der Waals surface area (Å²) in [4.78, 5) is 11.4. The van der Waals surface area contributed by atoms with Crippen LogP contribution in [0.5, 0.6) is 0 Å². The third-order valence-corrected chi connectivity index (χ3v) is 3.38. The molecule has 0 radical (unpaired) electrons. The highest BCUT2D eigenvalue weighted by Crippen LogP contribution is 2.13. The van der Waals surface area contributed by atoms with Crippen LogP contribution in [0.15, 0.2) is 0 Å². The number of nitrogens with one attached hydrogen (secondary N) is 1. The molecule has 0 amide bonds. The summed E-state index contributed by atoms with van der Waals surface area (Å²) < 4.78 is 21.6. The first kappa shape index (κ1) is 11.7. The standard InChI is InChI=1S/C9H17NO3S/c1-14(12,13)5-3-9(11)6-8-2-4-10-7-8/h8,10H,2-7H2,1H3. The van der Waals surface area contributed by atoms with E-state index in [1.54, 1.807) is 0 Å². The van der Waals surface area contributed by atoms with Crippen LogP contribution >= 0.6 is 0 Å². The molecule has 0 saturated carbocycles. The Bertz CT molecular complexity index is 291. The summed E-state index contributed by atoms with van der Waals surface area (Å²) in [5.74, 6) is 0.484. The second kappa shape index (κ2) is 4.89. The summed E-state index contributed by atoms with van der Waals surface area (Å²) in [5.41, 5.74) is 0. The second-order valence-corrected chi connectivity index (χ2v) is 6.24. The first-order valence-electron chi connectivity index (χ1n) is 4.87. The van der Waals surface area contributed by atoms with Gasteiger partial charge in [-0.25, -0.2) is 8.42 Å². The van der Waals surface area contributed by atoms with E-state index in [0.717, 1.165) is 25.8 Å². The zero-order valence-electron chi connectivity index (χ0n) is 8.45. The predicted octanol–water partition coefficient (Wildman–Crippen LogP) is -0.0102. The normalized spacial score (nSPS) is 22.5. The molecule has 1 unspecified atom stereocenters. The third-order valence-electron chi connectivity index (χ3n) is 2.43. The van der Waals surface area contributed by atoms with E-state index < -0.39 is 9.84 Å². The van der Waals surface area contributed by atoms with Gasteiger partial charge >= 0.3 is 0 Å². The van der Waals surface area contributed by atoms with Gasteiger partial charge in [0.15, 0.2) is 0 Å². The van der Waals surface area contributed by atoms with Gasteiger partial charge in [0.05, 0.1) is 5.75 Å². The Balaban J connectivity index is 2.22. The van der Waals surface area contributed by atoms with Crippen molar-refractivity contribution >= 4 is 15.6 Å². The van der Waals surface area contributed by atoms with E-state index in [-0.39, 0.29) is 18.0 Å². The average Bonchev–Trinajstić information content (AvgIpc) is 2.52. The highest BCUT2D eigenvalue weighted by molar-refractivity contribution is 7.90. The van der Waals surface area contributed by atoms with Crippen molar-refractivity contribution in [3.05, 3.63) is 0 Å². The van der Waals surface area contributed by atoms with Crippen molar-refractivity contribution in [3.8, 4) is 0 Å². The second-order valence-electron chi connectivity index (χ2n) is 3.98. The summed E-state index contributed by atoms with van der Waals surface area (Å²) in [6.07, 6.45) is 2.90. The maximum Gasteiger partial charge on any atom is 0.147 e. The van der Waals surface area contributed by atoms with Gasteiger partial charge in [0, 0.05) is 19.1 Å². The van der Waals surface area contributed by atoms with Crippen molar-refractivity contribution in [3.63, 3.8) is 0 Å². The van der Waals surface area contributed by atoms with E-state index in [4.69, 9.17) is 0 Å². The van der Waals surface area contributed by atoms with E-state index in [2.05, 4.69) is 5.32 Å². The lowest BCUT2D eigenvalue weighted by Gasteiger charge is -2.05. The van der Waals surface area contributed by atoms with Crippen LogP contribution in [0.4, 0.5) is 0 Å². The summed E-state index contributed by atoms with van der Waals surface area (Å²) >= 11 is 0. The fourth-order valence-electron chi connectivity index (χ4n) is 1.61. The molecule has 1 saturated heterocycles. The van der Waals surface area contributed by atoms with Crippen molar-refractivity contribution < 1.29 is 13.2 Å². The van der Waals surface area contributed by atoms with Crippen LogP contribution in [0.1, 0.15) is 19.3 Å². The van der Waals surface area contributed by atoms with Gasteiger partial charge in [0.25, 0.3) is 0 Å². The Hall–Kier alpha value is -0.420. The van der Waals surface area contributed by atoms with E-state index in [9.17, 15) is 13.2 Å². The average molecular weight is 219 g/mol. The summed E-state index contributed by atoms with van der Waals surface area (Å²) in [6.45, 7) is 1.87. The van der Waals surface area contributed by atoms with Gasteiger partial charge < -0.3 is 5.32 Å². The van der Waals surface area contributed by atoms with Gasteiger partial charge in [0.1, 0.15) is 15.6 Å². The van der Waals surface area contributed by atoms with Crippen LogP contribution in [-0.4, -0.2) is 39.3 Å². The predicted molar refractivity (Wildman–Crippen MR) is 54.9 cm³/mol. The van der Waals surface area contributed by atoms with Crippen molar-refractivity contribution in [2.45, 2.75) is 19.3 Å². The minimum absolute atomic E-state index is 0.00795. The van der Waals surface area contributed by atoms with Gasteiger partial charge in [-0.2, -0.15) is 0 Å². The number of rotatable bonds is 5. The van der Waals surface area contributed by atoms with Crippen LogP contribution < -0.4 is 5.32 Å². The number of carbonyl (C=O) groups excluding carboxylic acids is 1. The van der Waals surface area contributed by atoms with Crippen molar-refractivity contribution in [2.24, 2.45) is 5.92 Å². The number of hydrogen-bond donors (Lipinski definition) is 1. The molecule has 0 aromatic carbocycles. The SMILES string of the molecule is CS(=O)(=O)CCC(=O)CC1CCNC1. The monoisotopic (exact) mass is 219 g/mol. The maximum atomic E-state index is 11.4. The number of ketones is 1. The van der Waals surface area contributed by atoms with E-state index in [1.165, 1.54) is 0 Å². The number of Topliss-reactive ketones (excluding diaryl/α,β-unsaturated/α-hetero) is 1. The van der Waals surface area contributed by atoms with Crippen LogP contribution in [0.25, 0.3) is 0 Å². The van der Waals surface area contributed by atoms with Crippen LogP contribution in [-0.2, 0) is 14.6 Å². The maximum absolute atomic E-state index is 11.4. The smallest absolute Gasteiger partial charge is 0.147 e. The first-order valence-corrected chi connectivity index (χ1v) is 6.93. The molecule has 5 heteroatoms. The van der Waals surface area contributed by atoms with Crippen LogP contribution in [0.2, 0.25) is 0 Å². The Labute approximate surface area is 85.0 Å².